The van der Waals surface area contributed by atoms with Crippen LogP contribution < -0.4 is 15.8 Å². The number of ether oxygens (including phenoxy) is 1. The minimum atomic E-state index is -0.164. The molecule has 0 atom stereocenters. The summed E-state index contributed by atoms with van der Waals surface area (Å²) in [5.41, 5.74) is 7.53. The van der Waals surface area contributed by atoms with Crippen molar-refractivity contribution in [3.8, 4) is 5.75 Å². The Morgan fingerprint density at radius 1 is 1.06 bits per heavy atom. The molecule has 0 saturated heterocycles. The van der Waals surface area contributed by atoms with E-state index in [4.69, 9.17) is 10.5 Å². The normalized spacial score (nSPS) is 9.83. The van der Waals surface area contributed by atoms with E-state index in [1.54, 1.807) is 55.6 Å². The molecule has 18 heavy (non-hydrogen) atoms. The zero-order chi connectivity index (χ0) is 13.0. The standard InChI is InChI=1S/C14H14N2O2/c1-18-13-8-2-10(3-9-13)14(17)16-12-6-4-11(15)5-7-12/h2-9H,15H2,1H3,(H,16,17). The summed E-state index contributed by atoms with van der Waals surface area (Å²) in [7, 11) is 1.59. The molecule has 0 bridgehead atoms. The fourth-order valence-electron chi connectivity index (χ4n) is 1.51. The van der Waals surface area contributed by atoms with E-state index in [0.29, 0.717) is 16.9 Å². The molecule has 0 aliphatic heterocycles. The summed E-state index contributed by atoms with van der Waals surface area (Å²) in [6, 6.07) is 13.9. The summed E-state index contributed by atoms with van der Waals surface area (Å²) in [6.07, 6.45) is 0. The maximum atomic E-state index is 11.9. The molecule has 0 aliphatic carbocycles. The van der Waals surface area contributed by atoms with Crippen LogP contribution in [0.3, 0.4) is 0 Å². The first-order valence-electron chi connectivity index (χ1n) is 5.50. The molecular weight excluding hydrogens is 228 g/mol. The Balaban J connectivity index is 2.09. The van der Waals surface area contributed by atoms with Gasteiger partial charge in [0.25, 0.3) is 5.91 Å². The number of hydrogen-bond acceptors (Lipinski definition) is 3. The zero-order valence-corrected chi connectivity index (χ0v) is 10.0. The van der Waals surface area contributed by atoms with Gasteiger partial charge in [0.1, 0.15) is 5.75 Å². The molecule has 4 heteroatoms. The van der Waals surface area contributed by atoms with Gasteiger partial charge >= 0.3 is 0 Å². The summed E-state index contributed by atoms with van der Waals surface area (Å²) in [5.74, 6) is 0.557. The van der Waals surface area contributed by atoms with E-state index in [0.717, 1.165) is 5.75 Å². The van der Waals surface area contributed by atoms with Gasteiger partial charge in [0.2, 0.25) is 0 Å². The molecule has 2 rings (SSSR count). The van der Waals surface area contributed by atoms with Crippen LogP contribution in [0.5, 0.6) is 5.75 Å². The van der Waals surface area contributed by atoms with E-state index < -0.39 is 0 Å². The van der Waals surface area contributed by atoms with E-state index in [-0.39, 0.29) is 5.91 Å². The molecule has 0 saturated carbocycles. The number of nitrogens with one attached hydrogen (secondary N) is 1. The number of rotatable bonds is 3. The van der Waals surface area contributed by atoms with Gasteiger partial charge in [0.05, 0.1) is 7.11 Å². The quantitative estimate of drug-likeness (QED) is 0.813. The predicted octanol–water partition coefficient (Wildman–Crippen LogP) is 2.53. The molecule has 1 amide bonds. The Kier molecular flexibility index (Phi) is 3.48. The van der Waals surface area contributed by atoms with Crippen LogP contribution in [-0.4, -0.2) is 13.0 Å². The van der Waals surface area contributed by atoms with Crippen LogP contribution in [0.4, 0.5) is 11.4 Å². The Labute approximate surface area is 105 Å². The van der Waals surface area contributed by atoms with Crippen molar-refractivity contribution in [1.82, 2.24) is 0 Å². The first kappa shape index (κ1) is 12.0. The number of nitrogen functional groups attached to an aromatic ring is 1. The van der Waals surface area contributed by atoms with E-state index in [1.807, 2.05) is 0 Å². The second-order valence-electron chi connectivity index (χ2n) is 3.80. The number of nitrogens with two attached hydrogens (primary N) is 1. The number of benzene rings is 2. The molecule has 0 spiro atoms. The van der Waals surface area contributed by atoms with E-state index in [1.165, 1.54) is 0 Å². The van der Waals surface area contributed by atoms with Gasteiger partial charge in [-0.3, -0.25) is 4.79 Å². The highest BCUT2D eigenvalue weighted by Crippen LogP contribution is 2.14. The number of amides is 1. The monoisotopic (exact) mass is 242 g/mol. The number of anilines is 2. The third-order valence-electron chi connectivity index (χ3n) is 2.52. The summed E-state index contributed by atoms with van der Waals surface area (Å²) in [4.78, 5) is 11.9. The zero-order valence-electron chi connectivity index (χ0n) is 10.0. The highest BCUT2D eigenvalue weighted by Gasteiger charge is 2.05. The molecule has 4 nitrogen and oxygen atoms in total. The van der Waals surface area contributed by atoms with Crippen LogP contribution in [0.15, 0.2) is 48.5 Å². The average Bonchev–Trinajstić information content (AvgIpc) is 2.41. The van der Waals surface area contributed by atoms with Crippen LogP contribution in [0.2, 0.25) is 0 Å². The van der Waals surface area contributed by atoms with E-state index in [9.17, 15) is 4.79 Å². The Morgan fingerprint density at radius 2 is 1.67 bits per heavy atom. The van der Waals surface area contributed by atoms with Crippen molar-refractivity contribution in [2.75, 3.05) is 18.2 Å². The van der Waals surface area contributed by atoms with Gasteiger partial charge in [-0.15, -0.1) is 0 Å². The number of carbonyl (C=O) groups is 1. The fraction of sp³-hybridized carbons (Fsp3) is 0.0714. The summed E-state index contributed by atoms with van der Waals surface area (Å²) in [5, 5.41) is 2.79. The number of methoxy groups -OCH3 is 1. The van der Waals surface area contributed by atoms with Crippen LogP contribution in [0.25, 0.3) is 0 Å². The predicted molar refractivity (Wildman–Crippen MR) is 71.8 cm³/mol. The van der Waals surface area contributed by atoms with Crippen molar-refractivity contribution < 1.29 is 9.53 Å². The van der Waals surface area contributed by atoms with Crippen molar-refractivity contribution in [3.63, 3.8) is 0 Å². The van der Waals surface area contributed by atoms with Gasteiger partial charge < -0.3 is 15.8 Å². The first-order chi connectivity index (χ1) is 8.69. The van der Waals surface area contributed by atoms with Gasteiger partial charge in [0, 0.05) is 16.9 Å². The van der Waals surface area contributed by atoms with Gasteiger partial charge in [-0.25, -0.2) is 0 Å². The van der Waals surface area contributed by atoms with Gasteiger partial charge in [-0.1, -0.05) is 0 Å². The highest BCUT2D eigenvalue weighted by atomic mass is 16.5. The first-order valence-corrected chi connectivity index (χ1v) is 5.50. The summed E-state index contributed by atoms with van der Waals surface area (Å²) in [6.45, 7) is 0. The Hall–Kier alpha value is -2.49. The largest absolute Gasteiger partial charge is 0.497 e. The third-order valence-corrected chi connectivity index (χ3v) is 2.52. The molecule has 0 heterocycles. The smallest absolute Gasteiger partial charge is 0.255 e. The molecule has 0 radical (unpaired) electrons. The van der Waals surface area contributed by atoms with Crippen molar-refractivity contribution in [2.24, 2.45) is 0 Å². The molecule has 2 aromatic carbocycles. The van der Waals surface area contributed by atoms with Gasteiger partial charge in [-0.2, -0.15) is 0 Å². The van der Waals surface area contributed by atoms with E-state index in [2.05, 4.69) is 5.32 Å². The third kappa shape index (κ3) is 2.79. The number of hydrogen-bond donors (Lipinski definition) is 2. The van der Waals surface area contributed by atoms with Crippen LogP contribution in [0.1, 0.15) is 10.4 Å². The van der Waals surface area contributed by atoms with Gasteiger partial charge in [-0.05, 0) is 48.5 Å². The second kappa shape index (κ2) is 5.23. The van der Waals surface area contributed by atoms with Gasteiger partial charge in [0.15, 0.2) is 0 Å². The lowest BCUT2D eigenvalue weighted by Gasteiger charge is -2.06. The maximum absolute atomic E-state index is 11.9. The van der Waals surface area contributed by atoms with E-state index >= 15 is 0 Å². The average molecular weight is 242 g/mol. The SMILES string of the molecule is COc1ccc(C(=O)Nc2ccc(N)cc2)cc1. The summed E-state index contributed by atoms with van der Waals surface area (Å²) < 4.78 is 5.03. The lowest BCUT2D eigenvalue weighted by molar-refractivity contribution is 0.102. The van der Waals surface area contributed by atoms with Crippen LogP contribution in [0, 0.1) is 0 Å². The van der Waals surface area contributed by atoms with Crippen molar-refractivity contribution >= 4 is 17.3 Å². The van der Waals surface area contributed by atoms with Crippen molar-refractivity contribution in [2.45, 2.75) is 0 Å². The highest BCUT2D eigenvalue weighted by molar-refractivity contribution is 6.04. The van der Waals surface area contributed by atoms with Crippen molar-refractivity contribution in [3.05, 3.63) is 54.1 Å². The Morgan fingerprint density at radius 3 is 2.22 bits per heavy atom. The van der Waals surface area contributed by atoms with Crippen molar-refractivity contribution in [1.29, 1.82) is 0 Å². The fourth-order valence-corrected chi connectivity index (χ4v) is 1.51. The molecule has 92 valence electrons. The molecular formula is C14H14N2O2. The molecule has 2 aromatic rings. The van der Waals surface area contributed by atoms with Crippen LogP contribution >= 0.6 is 0 Å². The Bertz CT molecular complexity index is 533. The minimum absolute atomic E-state index is 0.164. The van der Waals surface area contributed by atoms with Crippen LogP contribution in [-0.2, 0) is 0 Å². The second-order valence-corrected chi connectivity index (χ2v) is 3.80. The minimum Gasteiger partial charge on any atom is -0.497 e. The molecule has 0 aromatic heterocycles. The molecule has 0 unspecified atom stereocenters. The lowest BCUT2D eigenvalue weighted by atomic mass is 10.2. The number of carbonyl (C=O) groups excluding carboxylic acids is 1. The lowest BCUT2D eigenvalue weighted by Crippen LogP contribution is -2.11. The molecule has 3 N–H and O–H groups in total. The maximum Gasteiger partial charge on any atom is 0.255 e. The molecule has 0 fully saturated rings. The topological polar surface area (TPSA) is 64.3 Å². The molecule has 0 aliphatic rings. The summed E-state index contributed by atoms with van der Waals surface area (Å²) >= 11 is 0.